The normalized spacial score (nSPS) is 26.3. The highest BCUT2D eigenvalue weighted by Gasteiger charge is 2.35. The van der Waals surface area contributed by atoms with E-state index in [-0.39, 0.29) is 29.8 Å². The molecule has 4 N–H and O–H groups in total. The summed E-state index contributed by atoms with van der Waals surface area (Å²) in [5.41, 5.74) is 5.40. The predicted octanol–water partition coefficient (Wildman–Crippen LogP) is 0.145. The van der Waals surface area contributed by atoms with Crippen molar-refractivity contribution >= 4 is 11.8 Å². The molecule has 0 aromatic rings. The molecule has 1 rings (SSSR count). The molecule has 3 atom stereocenters. The highest BCUT2D eigenvalue weighted by molar-refractivity contribution is 5.97. The van der Waals surface area contributed by atoms with Gasteiger partial charge in [0.05, 0.1) is 0 Å². The minimum Gasteiger partial charge on any atom is -0.343 e. The highest BCUT2D eigenvalue weighted by Crippen LogP contribution is 2.13. The molecule has 0 aromatic heterocycles. The molecule has 0 spiro atoms. The molecule has 0 radical (unpaired) electrons. The predicted molar refractivity (Wildman–Crippen MR) is 66.2 cm³/mol. The van der Waals surface area contributed by atoms with Crippen LogP contribution in [0.5, 0.6) is 0 Å². The Bertz CT molecular complexity index is 281. The van der Waals surface area contributed by atoms with Crippen molar-refractivity contribution in [2.24, 2.45) is 11.7 Å². The Kier molecular flexibility index (Phi) is 5.41. The average Bonchev–Trinajstić information content (AvgIpc) is 2.32. The number of piperazine rings is 1. The molecule has 1 aliphatic heterocycles. The Hall–Kier alpha value is -1.10. The topological polar surface area (TPSA) is 84.2 Å². The van der Waals surface area contributed by atoms with Gasteiger partial charge in [-0.2, -0.15) is 0 Å². The molecule has 5 heteroatoms. The van der Waals surface area contributed by atoms with Gasteiger partial charge in [-0.1, -0.05) is 20.3 Å². The summed E-state index contributed by atoms with van der Waals surface area (Å²) >= 11 is 0. The molecular formula is C12H23N3O2. The minimum absolute atomic E-state index is 0.0586. The van der Waals surface area contributed by atoms with Crippen molar-refractivity contribution in [3.8, 4) is 0 Å². The Balaban J connectivity index is 2.49. The number of nitrogens with one attached hydrogen (secondary N) is 2. The molecule has 5 nitrogen and oxygen atoms in total. The van der Waals surface area contributed by atoms with E-state index in [4.69, 9.17) is 5.73 Å². The van der Waals surface area contributed by atoms with Gasteiger partial charge in [-0.05, 0) is 31.7 Å². The number of unbranched alkanes of at least 4 members (excludes halogenated alkanes) is 1. The largest absolute Gasteiger partial charge is 0.343 e. The van der Waals surface area contributed by atoms with Crippen molar-refractivity contribution in [3.05, 3.63) is 0 Å². The number of carbonyl (C=O) groups is 2. The Morgan fingerprint density at radius 2 is 1.94 bits per heavy atom. The summed E-state index contributed by atoms with van der Waals surface area (Å²) in [6.45, 7) is 4.61. The first kappa shape index (κ1) is 14.0. The van der Waals surface area contributed by atoms with Gasteiger partial charge in [0.15, 0.2) is 0 Å². The van der Waals surface area contributed by atoms with E-state index in [1.807, 2.05) is 13.8 Å². The fourth-order valence-electron chi connectivity index (χ4n) is 1.98. The summed E-state index contributed by atoms with van der Waals surface area (Å²) in [7, 11) is 0. The summed E-state index contributed by atoms with van der Waals surface area (Å²) in [4.78, 5) is 23.6. The van der Waals surface area contributed by atoms with Crippen LogP contribution < -0.4 is 16.4 Å². The molecule has 1 fully saturated rings. The third-order valence-corrected chi connectivity index (χ3v) is 3.37. The van der Waals surface area contributed by atoms with Crippen LogP contribution in [0.25, 0.3) is 0 Å². The van der Waals surface area contributed by atoms with Crippen LogP contribution in [0.3, 0.4) is 0 Å². The maximum absolute atomic E-state index is 11.8. The first-order valence-electron chi connectivity index (χ1n) is 6.41. The molecule has 17 heavy (non-hydrogen) atoms. The number of carbonyl (C=O) groups excluding carboxylic acids is 2. The van der Waals surface area contributed by atoms with Gasteiger partial charge in [-0.3, -0.25) is 9.59 Å². The monoisotopic (exact) mass is 241 g/mol. The summed E-state index contributed by atoms with van der Waals surface area (Å²) in [5, 5.41) is 5.61. The molecule has 0 unspecified atom stereocenters. The molecule has 0 aromatic carbocycles. The molecule has 2 amide bonds. The lowest BCUT2D eigenvalue weighted by atomic mass is 9.94. The number of nitrogens with two attached hydrogens (primary N) is 1. The van der Waals surface area contributed by atoms with Gasteiger partial charge in [0, 0.05) is 0 Å². The van der Waals surface area contributed by atoms with Crippen LogP contribution >= 0.6 is 0 Å². The van der Waals surface area contributed by atoms with Crippen LogP contribution in [0.1, 0.15) is 39.5 Å². The average molecular weight is 241 g/mol. The molecular weight excluding hydrogens is 218 g/mol. The first-order chi connectivity index (χ1) is 8.10. The van der Waals surface area contributed by atoms with Crippen LogP contribution in [-0.4, -0.2) is 30.4 Å². The second-order valence-corrected chi connectivity index (χ2v) is 4.72. The number of hydrogen-bond acceptors (Lipinski definition) is 3. The number of rotatable bonds is 6. The Morgan fingerprint density at radius 1 is 1.24 bits per heavy atom. The van der Waals surface area contributed by atoms with E-state index in [1.54, 1.807) is 0 Å². The lowest BCUT2D eigenvalue weighted by Crippen LogP contribution is -2.63. The van der Waals surface area contributed by atoms with Gasteiger partial charge in [-0.25, -0.2) is 0 Å². The highest BCUT2D eigenvalue weighted by atomic mass is 16.2. The standard InChI is InChI=1S/C12H23N3O2/c1-3-8(2)10-12(17)14-9(11(16)15-10)6-4-5-7-13/h8-10H,3-7,13H2,1-2H3,(H,14,17)(H,15,16)/t8-,9-,10-/m0/s1. The van der Waals surface area contributed by atoms with Crippen LogP contribution in [0.15, 0.2) is 0 Å². The molecule has 0 aliphatic carbocycles. The second kappa shape index (κ2) is 6.59. The van der Waals surface area contributed by atoms with Gasteiger partial charge in [0.1, 0.15) is 12.1 Å². The third kappa shape index (κ3) is 3.70. The van der Waals surface area contributed by atoms with E-state index in [9.17, 15) is 9.59 Å². The second-order valence-electron chi connectivity index (χ2n) is 4.72. The van der Waals surface area contributed by atoms with Crippen molar-refractivity contribution in [2.45, 2.75) is 51.6 Å². The van der Waals surface area contributed by atoms with Crippen LogP contribution in [0, 0.1) is 5.92 Å². The minimum atomic E-state index is -0.380. The zero-order valence-electron chi connectivity index (χ0n) is 10.7. The summed E-state index contributed by atoms with van der Waals surface area (Å²) in [5.74, 6) is 0.0487. The fourth-order valence-corrected chi connectivity index (χ4v) is 1.98. The summed E-state index contributed by atoms with van der Waals surface area (Å²) < 4.78 is 0. The van der Waals surface area contributed by atoms with Crippen LogP contribution in [0.4, 0.5) is 0 Å². The quantitative estimate of drug-likeness (QED) is 0.579. The van der Waals surface area contributed by atoms with E-state index < -0.39 is 0 Å². The van der Waals surface area contributed by atoms with Crippen molar-refractivity contribution in [1.29, 1.82) is 0 Å². The van der Waals surface area contributed by atoms with E-state index in [0.717, 1.165) is 19.3 Å². The molecule has 1 heterocycles. The maximum atomic E-state index is 11.8. The van der Waals surface area contributed by atoms with Crippen molar-refractivity contribution in [1.82, 2.24) is 10.6 Å². The van der Waals surface area contributed by atoms with E-state index in [1.165, 1.54) is 0 Å². The number of hydrogen-bond donors (Lipinski definition) is 3. The smallest absolute Gasteiger partial charge is 0.243 e. The fraction of sp³-hybridized carbons (Fsp3) is 0.833. The van der Waals surface area contributed by atoms with Crippen LogP contribution in [0.2, 0.25) is 0 Å². The van der Waals surface area contributed by atoms with Crippen LogP contribution in [-0.2, 0) is 9.59 Å². The zero-order chi connectivity index (χ0) is 12.8. The van der Waals surface area contributed by atoms with Crippen molar-refractivity contribution in [2.75, 3.05) is 6.54 Å². The molecule has 98 valence electrons. The summed E-state index contributed by atoms with van der Waals surface area (Å²) in [6.07, 6.45) is 3.29. The van der Waals surface area contributed by atoms with Gasteiger partial charge in [-0.15, -0.1) is 0 Å². The van der Waals surface area contributed by atoms with Crippen molar-refractivity contribution < 1.29 is 9.59 Å². The SMILES string of the molecule is CC[C@H](C)[C@@H]1NC(=O)[C@H](CCCCN)NC1=O. The van der Waals surface area contributed by atoms with Gasteiger partial charge in [0.2, 0.25) is 11.8 Å². The van der Waals surface area contributed by atoms with Crippen molar-refractivity contribution in [3.63, 3.8) is 0 Å². The molecule has 1 aliphatic rings. The molecule has 0 bridgehead atoms. The van der Waals surface area contributed by atoms with E-state index in [0.29, 0.717) is 13.0 Å². The Morgan fingerprint density at radius 3 is 2.53 bits per heavy atom. The molecule has 1 saturated heterocycles. The molecule has 0 saturated carbocycles. The third-order valence-electron chi connectivity index (χ3n) is 3.37. The van der Waals surface area contributed by atoms with E-state index >= 15 is 0 Å². The van der Waals surface area contributed by atoms with E-state index in [2.05, 4.69) is 10.6 Å². The lowest BCUT2D eigenvalue weighted by molar-refractivity contribution is -0.138. The zero-order valence-corrected chi connectivity index (χ0v) is 10.7. The van der Waals surface area contributed by atoms with Gasteiger partial charge in [0.25, 0.3) is 0 Å². The maximum Gasteiger partial charge on any atom is 0.243 e. The lowest BCUT2D eigenvalue weighted by Gasteiger charge is -2.32. The number of amides is 2. The van der Waals surface area contributed by atoms with Gasteiger partial charge >= 0.3 is 0 Å². The Labute approximate surface area is 103 Å². The first-order valence-corrected chi connectivity index (χ1v) is 6.41. The summed E-state index contributed by atoms with van der Waals surface area (Å²) in [6, 6.07) is -0.757. The van der Waals surface area contributed by atoms with Gasteiger partial charge < -0.3 is 16.4 Å².